The van der Waals surface area contributed by atoms with Gasteiger partial charge < -0.3 is 9.30 Å². The van der Waals surface area contributed by atoms with Crippen molar-refractivity contribution in [3.8, 4) is 0 Å². The summed E-state index contributed by atoms with van der Waals surface area (Å²) in [5.41, 5.74) is -0.733. The Hall–Kier alpha value is -1.36. The van der Waals surface area contributed by atoms with E-state index in [-0.39, 0.29) is 17.4 Å². The summed E-state index contributed by atoms with van der Waals surface area (Å²) in [5, 5.41) is 0. The molecule has 5 heteroatoms. The zero-order valence-corrected chi connectivity index (χ0v) is 11.0. The fourth-order valence-corrected chi connectivity index (χ4v) is 1.39. The maximum absolute atomic E-state index is 11.3. The third-order valence-corrected chi connectivity index (χ3v) is 2.38. The van der Waals surface area contributed by atoms with E-state index in [1.54, 1.807) is 7.11 Å². The van der Waals surface area contributed by atoms with E-state index in [0.717, 1.165) is 12.8 Å². The topological polar surface area (TPSA) is 64.1 Å². The average molecular weight is 242 g/mol. The first-order valence-corrected chi connectivity index (χ1v) is 6.00. The molecule has 1 aromatic heterocycles. The van der Waals surface area contributed by atoms with E-state index in [9.17, 15) is 9.59 Å². The van der Waals surface area contributed by atoms with Crippen molar-refractivity contribution in [1.29, 1.82) is 0 Å². The lowest BCUT2D eigenvalue weighted by Gasteiger charge is -2.13. The summed E-state index contributed by atoms with van der Waals surface area (Å²) >= 11 is 0. The number of ether oxygens (including phenoxy) is 1. The Morgan fingerprint density at radius 2 is 2.06 bits per heavy atom. The molecule has 1 unspecified atom stereocenters. The minimum Gasteiger partial charge on any atom is -0.381 e. The molecule has 1 rings (SSSR count). The molecular weight excluding hydrogens is 220 g/mol. The number of aromatic nitrogens is 2. The highest BCUT2D eigenvalue weighted by Crippen LogP contribution is 2.02. The number of aryl methyl sites for hydroxylation is 1. The molecule has 1 heterocycles. The molecule has 0 aliphatic rings. The third-order valence-electron chi connectivity index (χ3n) is 2.38. The molecule has 0 radical (unpaired) electrons. The van der Waals surface area contributed by atoms with Crippen LogP contribution in [0.25, 0.3) is 0 Å². The van der Waals surface area contributed by atoms with E-state index in [1.165, 1.54) is 16.8 Å². The van der Waals surface area contributed by atoms with Gasteiger partial charge in [-0.1, -0.05) is 20.8 Å². The molecule has 0 saturated carbocycles. The standard InChI is InChI=1S/C10H16N2O3.C2H6/c1-3-8(15-2)4-6-12-7-5-9(13)11-10(12)14;1-2/h5,7-8H,3-4,6H2,1-2H3,(H,11,13,14);1-2H3. The van der Waals surface area contributed by atoms with Gasteiger partial charge in [0.2, 0.25) is 0 Å². The highest BCUT2D eigenvalue weighted by molar-refractivity contribution is 4.82. The van der Waals surface area contributed by atoms with Gasteiger partial charge in [0.1, 0.15) is 0 Å². The van der Waals surface area contributed by atoms with Gasteiger partial charge in [-0.2, -0.15) is 0 Å². The number of H-pyrrole nitrogens is 1. The van der Waals surface area contributed by atoms with Crippen molar-refractivity contribution in [2.24, 2.45) is 0 Å². The van der Waals surface area contributed by atoms with E-state index >= 15 is 0 Å². The van der Waals surface area contributed by atoms with Crippen molar-refractivity contribution >= 4 is 0 Å². The van der Waals surface area contributed by atoms with Crippen LogP contribution in [0.4, 0.5) is 0 Å². The van der Waals surface area contributed by atoms with Gasteiger partial charge in [-0.25, -0.2) is 4.79 Å². The largest absolute Gasteiger partial charge is 0.381 e. The molecule has 5 nitrogen and oxygen atoms in total. The minimum absolute atomic E-state index is 0.156. The number of nitrogens with one attached hydrogen (secondary N) is 1. The predicted octanol–water partition coefficient (Wildman–Crippen LogP) is 1.38. The lowest BCUT2D eigenvalue weighted by atomic mass is 10.2. The molecule has 98 valence electrons. The van der Waals surface area contributed by atoms with Crippen LogP contribution in [-0.2, 0) is 11.3 Å². The van der Waals surface area contributed by atoms with Crippen LogP contribution in [0.1, 0.15) is 33.6 Å². The molecular formula is C12H22N2O3. The van der Waals surface area contributed by atoms with Crippen molar-refractivity contribution < 1.29 is 4.74 Å². The van der Waals surface area contributed by atoms with E-state index in [0.29, 0.717) is 6.54 Å². The number of nitrogens with zero attached hydrogens (tertiary/aromatic N) is 1. The van der Waals surface area contributed by atoms with Crippen molar-refractivity contribution in [2.45, 2.75) is 46.3 Å². The van der Waals surface area contributed by atoms with Crippen LogP contribution < -0.4 is 11.2 Å². The third kappa shape index (κ3) is 5.49. The number of methoxy groups -OCH3 is 1. The van der Waals surface area contributed by atoms with Crippen molar-refractivity contribution in [1.82, 2.24) is 9.55 Å². The Labute approximate surface area is 101 Å². The summed E-state index contributed by atoms with van der Waals surface area (Å²) in [6.07, 6.45) is 3.33. The van der Waals surface area contributed by atoms with E-state index < -0.39 is 0 Å². The lowest BCUT2D eigenvalue weighted by Crippen LogP contribution is -2.29. The maximum Gasteiger partial charge on any atom is 0.328 e. The molecule has 0 fully saturated rings. The number of hydrogen-bond donors (Lipinski definition) is 1. The normalized spacial score (nSPS) is 11.5. The Bertz CT molecular complexity index is 405. The van der Waals surface area contributed by atoms with Crippen molar-refractivity contribution in [3.05, 3.63) is 33.1 Å². The van der Waals surface area contributed by atoms with Crippen LogP contribution in [0.2, 0.25) is 0 Å². The first kappa shape index (κ1) is 15.6. The quantitative estimate of drug-likeness (QED) is 0.848. The zero-order chi connectivity index (χ0) is 13.3. The van der Waals surface area contributed by atoms with Gasteiger partial charge in [-0.3, -0.25) is 9.78 Å². The second-order valence-electron chi connectivity index (χ2n) is 3.36. The second-order valence-corrected chi connectivity index (χ2v) is 3.36. The second kappa shape index (κ2) is 8.75. The van der Waals surface area contributed by atoms with Crippen LogP contribution in [0, 0.1) is 0 Å². The van der Waals surface area contributed by atoms with E-state index in [1.807, 2.05) is 20.8 Å². The lowest BCUT2D eigenvalue weighted by molar-refractivity contribution is 0.0879. The molecule has 0 spiro atoms. The van der Waals surface area contributed by atoms with Crippen LogP contribution in [-0.4, -0.2) is 22.8 Å². The number of rotatable bonds is 5. The predicted molar refractivity (Wildman–Crippen MR) is 68.4 cm³/mol. The molecule has 0 aliphatic heterocycles. The zero-order valence-electron chi connectivity index (χ0n) is 11.0. The van der Waals surface area contributed by atoms with E-state index in [4.69, 9.17) is 4.74 Å². The molecule has 0 amide bonds. The summed E-state index contributed by atoms with van der Waals surface area (Å²) in [6.45, 7) is 6.59. The molecule has 1 atom stereocenters. The van der Waals surface area contributed by atoms with Crippen LogP contribution in [0.3, 0.4) is 0 Å². The first-order chi connectivity index (χ1) is 8.17. The fourth-order valence-electron chi connectivity index (χ4n) is 1.39. The number of hydrogen-bond acceptors (Lipinski definition) is 3. The Morgan fingerprint density at radius 1 is 1.41 bits per heavy atom. The van der Waals surface area contributed by atoms with Gasteiger partial charge in [0, 0.05) is 25.9 Å². The Morgan fingerprint density at radius 3 is 2.53 bits per heavy atom. The maximum atomic E-state index is 11.3. The van der Waals surface area contributed by atoms with Gasteiger partial charge in [0.15, 0.2) is 0 Å². The molecule has 0 aliphatic carbocycles. The molecule has 0 bridgehead atoms. The summed E-state index contributed by atoms with van der Waals surface area (Å²) in [7, 11) is 1.66. The Balaban J connectivity index is 0.00000121. The average Bonchev–Trinajstić information content (AvgIpc) is 2.35. The fraction of sp³-hybridized carbons (Fsp3) is 0.667. The molecule has 1 aromatic rings. The van der Waals surface area contributed by atoms with E-state index in [2.05, 4.69) is 4.98 Å². The summed E-state index contributed by atoms with van der Waals surface area (Å²) in [5.74, 6) is 0. The SMILES string of the molecule is CC.CCC(CCn1ccc(=O)[nH]c1=O)OC. The monoisotopic (exact) mass is 242 g/mol. The summed E-state index contributed by atoms with van der Waals surface area (Å²) in [6, 6.07) is 1.34. The van der Waals surface area contributed by atoms with Crippen LogP contribution in [0.15, 0.2) is 21.9 Å². The van der Waals surface area contributed by atoms with Gasteiger partial charge in [-0.05, 0) is 12.8 Å². The number of aromatic amines is 1. The molecule has 0 aromatic carbocycles. The van der Waals surface area contributed by atoms with Crippen molar-refractivity contribution in [2.75, 3.05) is 7.11 Å². The smallest absolute Gasteiger partial charge is 0.328 e. The summed E-state index contributed by atoms with van der Waals surface area (Å²) in [4.78, 5) is 24.3. The van der Waals surface area contributed by atoms with Gasteiger partial charge in [0.05, 0.1) is 6.10 Å². The van der Waals surface area contributed by atoms with Crippen molar-refractivity contribution in [3.63, 3.8) is 0 Å². The van der Waals surface area contributed by atoms with Crippen LogP contribution >= 0.6 is 0 Å². The van der Waals surface area contributed by atoms with Crippen LogP contribution in [0.5, 0.6) is 0 Å². The van der Waals surface area contributed by atoms with Gasteiger partial charge >= 0.3 is 5.69 Å². The first-order valence-electron chi connectivity index (χ1n) is 6.00. The molecule has 17 heavy (non-hydrogen) atoms. The molecule has 1 N–H and O–H groups in total. The highest BCUT2D eigenvalue weighted by Gasteiger charge is 2.04. The van der Waals surface area contributed by atoms with Gasteiger partial charge in [0.25, 0.3) is 5.56 Å². The van der Waals surface area contributed by atoms with Gasteiger partial charge in [-0.15, -0.1) is 0 Å². The minimum atomic E-state index is -0.367. The highest BCUT2D eigenvalue weighted by atomic mass is 16.5. The molecule has 0 saturated heterocycles. The Kier molecular flexibility index (Phi) is 8.05. The summed E-state index contributed by atoms with van der Waals surface area (Å²) < 4.78 is 6.67.